The first kappa shape index (κ1) is 10.8. The molecule has 1 aromatic rings. The van der Waals surface area contributed by atoms with Gasteiger partial charge in [-0.15, -0.1) is 0 Å². The Morgan fingerprint density at radius 2 is 2.21 bits per heavy atom. The standard InChI is InChI=1S/C9H9ClFNO2/c1-4-3-5(11)8(12)6(7(4)10)9(13)14-2/h3H,12H2,1-2H3. The number of ether oxygens (including phenoxy) is 1. The van der Waals surface area contributed by atoms with E-state index < -0.39 is 11.8 Å². The highest BCUT2D eigenvalue weighted by molar-refractivity contribution is 6.35. The fourth-order valence-corrected chi connectivity index (χ4v) is 1.30. The van der Waals surface area contributed by atoms with Gasteiger partial charge in [0.1, 0.15) is 11.4 Å². The summed E-state index contributed by atoms with van der Waals surface area (Å²) in [5.74, 6) is -1.41. The van der Waals surface area contributed by atoms with Gasteiger partial charge in [-0.05, 0) is 18.6 Å². The zero-order valence-electron chi connectivity index (χ0n) is 7.73. The number of halogens is 2. The van der Waals surface area contributed by atoms with Gasteiger partial charge in [-0.1, -0.05) is 11.6 Å². The minimum absolute atomic E-state index is 0.119. The summed E-state index contributed by atoms with van der Waals surface area (Å²) in [5, 5.41) is 0.121. The van der Waals surface area contributed by atoms with Gasteiger partial charge in [-0.2, -0.15) is 0 Å². The van der Waals surface area contributed by atoms with Crippen molar-refractivity contribution in [3.8, 4) is 0 Å². The van der Waals surface area contributed by atoms with Crippen LogP contribution in [0.1, 0.15) is 15.9 Å². The summed E-state index contributed by atoms with van der Waals surface area (Å²) in [5.41, 5.74) is 5.41. The maximum atomic E-state index is 13.1. The van der Waals surface area contributed by atoms with Crippen LogP contribution in [0.15, 0.2) is 6.07 Å². The number of rotatable bonds is 1. The lowest BCUT2D eigenvalue weighted by molar-refractivity contribution is 0.0601. The molecular weight excluding hydrogens is 209 g/mol. The normalized spacial score (nSPS) is 10.0. The molecule has 0 atom stereocenters. The molecule has 3 nitrogen and oxygen atoms in total. The van der Waals surface area contributed by atoms with Crippen LogP contribution in [0.2, 0.25) is 5.02 Å². The summed E-state index contributed by atoms with van der Waals surface area (Å²) in [6, 6.07) is 1.17. The Kier molecular flexibility index (Phi) is 2.96. The van der Waals surface area contributed by atoms with Crippen molar-refractivity contribution in [2.75, 3.05) is 12.8 Å². The fourth-order valence-electron chi connectivity index (χ4n) is 1.07. The number of anilines is 1. The fraction of sp³-hybridized carbons (Fsp3) is 0.222. The van der Waals surface area contributed by atoms with E-state index in [2.05, 4.69) is 4.74 Å². The van der Waals surface area contributed by atoms with Gasteiger partial charge in [-0.3, -0.25) is 0 Å². The number of benzene rings is 1. The molecule has 0 radical (unpaired) electrons. The quantitative estimate of drug-likeness (QED) is 0.579. The largest absolute Gasteiger partial charge is 0.465 e. The zero-order valence-corrected chi connectivity index (χ0v) is 8.48. The van der Waals surface area contributed by atoms with Gasteiger partial charge < -0.3 is 10.5 Å². The first-order valence-electron chi connectivity index (χ1n) is 3.81. The average molecular weight is 218 g/mol. The van der Waals surface area contributed by atoms with Crippen LogP contribution in [-0.2, 0) is 4.74 Å². The SMILES string of the molecule is COC(=O)c1c(N)c(F)cc(C)c1Cl. The molecule has 0 aliphatic heterocycles. The van der Waals surface area contributed by atoms with E-state index in [1.807, 2.05) is 0 Å². The van der Waals surface area contributed by atoms with E-state index in [0.29, 0.717) is 5.56 Å². The van der Waals surface area contributed by atoms with Crippen molar-refractivity contribution >= 4 is 23.3 Å². The maximum absolute atomic E-state index is 13.1. The van der Waals surface area contributed by atoms with E-state index in [0.717, 1.165) is 0 Å². The molecular formula is C9H9ClFNO2. The molecule has 0 bridgehead atoms. The number of nitrogen functional groups attached to an aromatic ring is 1. The molecule has 0 unspecified atom stereocenters. The molecule has 2 N–H and O–H groups in total. The molecule has 0 saturated heterocycles. The molecule has 0 aromatic heterocycles. The van der Waals surface area contributed by atoms with E-state index in [1.165, 1.54) is 13.2 Å². The minimum Gasteiger partial charge on any atom is -0.465 e. The zero-order chi connectivity index (χ0) is 10.9. The van der Waals surface area contributed by atoms with Crippen LogP contribution in [0.25, 0.3) is 0 Å². The van der Waals surface area contributed by atoms with Gasteiger partial charge in [0.05, 0.1) is 17.8 Å². The number of hydrogen-bond acceptors (Lipinski definition) is 3. The second-order valence-corrected chi connectivity index (χ2v) is 3.15. The minimum atomic E-state index is -0.741. The van der Waals surface area contributed by atoms with Crippen LogP contribution in [0.5, 0.6) is 0 Å². The monoisotopic (exact) mass is 217 g/mol. The Hall–Kier alpha value is -1.29. The van der Waals surface area contributed by atoms with Crippen LogP contribution in [-0.4, -0.2) is 13.1 Å². The van der Waals surface area contributed by atoms with E-state index in [1.54, 1.807) is 6.92 Å². The first-order valence-corrected chi connectivity index (χ1v) is 4.19. The lowest BCUT2D eigenvalue weighted by Gasteiger charge is -2.09. The Morgan fingerprint density at radius 3 is 2.71 bits per heavy atom. The van der Waals surface area contributed by atoms with E-state index in [4.69, 9.17) is 17.3 Å². The molecule has 0 saturated carbocycles. The number of carbonyl (C=O) groups is 1. The molecule has 0 heterocycles. The number of esters is 1. The second kappa shape index (κ2) is 3.84. The highest BCUT2D eigenvalue weighted by atomic mass is 35.5. The third kappa shape index (κ3) is 1.65. The molecule has 0 spiro atoms. The van der Waals surface area contributed by atoms with Gasteiger partial charge in [0.15, 0.2) is 0 Å². The van der Waals surface area contributed by atoms with Gasteiger partial charge in [0.2, 0.25) is 0 Å². The molecule has 5 heteroatoms. The highest BCUT2D eigenvalue weighted by Gasteiger charge is 2.19. The van der Waals surface area contributed by atoms with Crippen LogP contribution in [0, 0.1) is 12.7 Å². The van der Waals surface area contributed by atoms with Crippen molar-refractivity contribution < 1.29 is 13.9 Å². The topological polar surface area (TPSA) is 52.3 Å². The summed E-state index contributed by atoms with van der Waals surface area (Å²) < 4.78 is 17.6. The highest BCUT2D eigenvalue weighted by Crippen LogP contribution is 2.29. The summed E-state index contributed by atoms with van der Waals surface area (Å²) in [4.78, 5) is 11.2. The van der Waals surface area contributed by atoms with Crippen molar-refractivity contribution in [2.24, 2.45) is 0 Å². The number of nitrogens with two attached hydrogens (primary N) is 1. The maximum Gasteiger partial charge on any atom is 0.341 e. The molecule has 0 aliphatic carbocycles. The Morgan fingerprint density at radius 1 is 1.64 bits per heavy atom. The van der Waals surface area contributed by atoms with Gasteiger partial charge in [0.25, 0.3) is 0 Å². The Balaban J connectivity index is 3.47. The van der Waals surface area contributed by atoms with Crippen molar-refractivity contribution in [3.05, 3.63) is 28.0 Å². The Bertz CT molecular complexity index is 367. The third-order valence-corrected chi connectivity index (χ3v) is 2.31. The third-order valence-electron chi connectivity index (χ3n) is 1.83. The number of hydrogen-bond donors (Lipinski definition) is 1. The molecule has 14 heavy (non-hydrogen) atoms. The molecule has 0 aliphatic rings. The van der Waals surface area contributed by atoms with Crippen LogP contribution in [0.3, 0.4) is 0 Å². The van der Waals surface area contributed by atoms with Crippen molar-refractivity contribution in [3.63, 3.8) is 0 Å². The molecule has 0 amide bonds. The summed E-state index contributed by atoms with van der Waals surface area (Å²) in [6.45, 7) is 1.58. The molecule has 0 fully saturated rings. The van der Waals surface area contributed by atoms with Crippen LogP contribution < -0.4 is 5.73 Å². The van der Waals surface area contributed by atoms with Gasteiger partial charge in [0, 0.05) is 0 Å². The predicted octanol–water partition coefficient (Wildman–Crippen LogP) is 2.16. The second-order valence-electron chi connectivity index (χ2n) is 2.77. The van der Waals surface area contributed by atoms with Crippen LogP contribution >= 0.6 is 11.6 Å². The number of methoxy groups -OCH3 is 1. The van der Waals surface area contributed by atoms with Crippen molar-refractivity contribution in [2.45, 2.75) is 6.92 Å². The van der Waals surface area contributed by atoms with Crippen LogP contribution in [0.4, 0.5) is 10.1 Å². The van der Waals surface area contributed by atoms with Crippen molar-refractivity contribution in [1.82, 2.24) is 0 Å². The molecule has 1 rings (SSSR count). The average Bonchev–Trinajstić information content (AvgIpc) is 2.15. The molecule has 1 aromatic carbocycles. The number of carbonyl (C=O) groups excluding carboxylic acids is 1. The predicted molar refractivity (Wildman–Crippen MR) is 51.9 cm³/mol. The summed E-state index contributed by atoms with van der Waals surface area (Å²) in [6.07, 6.45) is 0. The smallest absolute Gasteiger partial charge is 0.341 e. The number of aryl methyl sites for hydroxylation is 1. The summed E-state index contributed by atoms with van der Waals surface area (Å²) >= 11 is 5.80. The van der Waals surface area contributed by atoms with E-state index in [9.17, 15) is 9.18 Å². The van der Waals surface area contributed by atoms with Gasteiger partial charge in [-0.25, -0.2) is 9.18 Å². The van der Waals surface area contributed by atoms with E-state index >= 15 is 0 Å². The van der Waals surface area contributed by atoms with Gasteiger partial charge >= 0.3 is 5.97 Å². The van der Waals surface area contributed by atoms with Crippen molar-refractivity contribution in [1.29, 1.82) is 0 Å². The first-order chi connectivity index (χ1) is 6.49. The lowest BCUT2D eigenvalue weighted by atomic mass is 10.1. The Labute approximate surface area is 85.6 Å². The van der Waals surface area contributed by atoms with E-state index in [-0.39, 0.29) is 16.3 Å². The summed E-state index contributed by atoms with van der Waals surface area (Å²) in [7, 11) is 1.18. The lowest BCUT2D eigenvalue weighted by Crippen LogP contribution is -2.09. The molecule has 76 valence electrons.